The molecule has 1 aromatic carbocycles. The van der Waals surface area contributed by atoms with Crippen LogP contribution in [0.2, 0.25) is 0 Å². The molecule has 0 aliphatic carbocycles. The molecule has 120 valence electrons. The number of β-amino-alcohol motifs (C(OH)–C–C–N with tert-alkyl or cyclic N) is 1. The van der Waals surface area contributed by atoms with Gasteiger partial charge in [-0.2, -0.15) is 0 Å². The quantitative estimate of drug-likeness (QED) is 0.598. The van der Waals surface area contributed by atoms with E-state index in [2.05, 4.69) is 0 Å². The zero-order valence-corrected chi connectivity index (χ0v) is 12.4. The number of carbonyl (C=O) groups is 4. The maximum Gasteiger partial charge on any atom is 0.327 e. The van der Waals surface area contributed by atoms with Gasteiger partial charge in [-0.3, -0.25) is 24.2 Å². The van der Waals surface area contributed by atoms with E-state index in [0.717, 1.165) is 9.80 Å². The third kappa shape index (κ3) is 2.46. The molecule has 3 rings (SSSR count). The lowest BCUT2D eigenvalue weighted by Crippen LogP contribution is -2.44. The molecule has 0 spiro atoms. The van der Waals surface area contributed by atoms with Gasteiger partial charge in [0.1, 0.15) is 6.54 Å². The van der Waals surface area contributed by atoms with Gasteiger partial charge in [-0.25, -0.2) is 4.79 Å². The fraction of sp³-hybridized carbons (Fsp3) is 0.333. The average Bonchev–Trinajstić information content (AvgIpc) is 2.90. The van der Waals surface area contributed by atoms with Gasteiger partial charge in [0.05, 0.1) is 30.3 Å². The summed E-state index contributed by atoms with van der Waals surface area (Å²) in [5.74, 6) is -1.39. The van der Waals surface area contributed by atoms with E-state index in [1.807, 2.05) is 0 Å². The average molecular weight is 317 g/mol. The van der Waals surface area contributed by atoms with Crippen molar-refractivity contribution in [3.8, 4) is 0 Å². The van der Waals surface area contributed by atoms with E-state index >= 15 is 0 Å². The van der Waals surface area contributed by atoms with Crippen molar-refractivity contribution in [2.75, 3.05) is 26.7 Å². The lowest BCUT2D eigenvalue weighted by Gasteiger charge is -2.22. The van der Waals surface area contributed by atoms with E-state index in [4.69, 9.17) is 0 Å². The second-order valence-corrected chi connectivity index (χ2v) is 5.56. The topological polar surface area (TPSA) is 98.2 Å². The summed E-state index contributed by atoms with van der Waals surface area (Å²) in [6.07, 6.45) is -1.20. The summed E-state index contributed by atoms with van der Waals surface area (Å²) in [6.45, 7) is -0.568. The van der Waals surface area contributed by atoms with Crippen molar-refractivity contribution in [2.24, 2.45) is 0 Å². The van der Waals surface area contributed by atoms with Crippen LogP contribution in [-0.2, 0) is 4.79 Å². The molecule has 0 aromatic heterocycles. The minimum absolute atomic E-state index is 0.0431. The molecule has 0 bridgehead atoms. The van der Waals surface area contributed by atoms with E-state index in [0.29, 0.717) is 0 Å². The molecule has 0 saturated carbocycles. The van der Waals surface area contributed by atoms with E-state index < -0.39 is 29.9 Å². The molecule has 23 heavy (non-hydrogen) atoms. The molecule has 1 saturated heterocycles. The second kappa shape index (κ2) is 5.47. The number of aliphatic hydroxyl groups is 1. The van der Waals surface area contributed by atoms with Gasteiger partial charge >= 0.3 is 6.03 Å². The van der Waals surface area contributed by atoms with Crippen LogP contribution in [-0.4, -0.2) is 76.3 Å². The number of hydrogen-bond acceptors (Lipinski definition) is 5. The van der Waals surface area contributed by atoms with Gasteiger partial charge in [-0.1, -0.05) is 12.1 Å². The standard InChI is InChI=1S/C15H15N3O5/c1-16-8-12(20)17(15(16)23)6-9(19)7-18-13(21)10-4-2-3-5-11(10)14(18)22/h2-5,9,19H,6-8H2,1H3. The summed E-state index contributed by atoms with van der Waals surface area (Å²) >= 11 is 0. The Bertz CT molecular complexity index is 682. The van der Waals surface area contributed by atoms with Gasteiger partial charge in [0.15, 0.2) is 0 Å². The Morgan fingerprint density at radius 1 is 1.00 bits per heavy atom. The Kier molecular flexibility index (Phi) is 3.61. The molecule has 2 aliphatic rings. The van der Waals surface area contributed by atoms with Crippen LogP contribution in [0.5, 0.6) is 0 Å². The SMILES string of the molecule is CN1CC(=O)N(CC(O)CN2C(=O)c3ccccc3C2=O)C1=O. The van der Waals surface area contributed by atoms with Crippen molar-refractivity contribution in [3.05, 3.63) is 35.4 Å². The van der Waals surface area contributed by atoms with Gasteiger partial charge in [0.2, 0.25) is 5.91 Å². The van der Waals surface area contributed by atoms with E-state index in [1.165, 1.54) is 11.9 Å². The summed E-state index contributed by atoms with van der Waals surface area (Å²) in [5.41, 5.74) is 0.579. The summed E-state index contributed by atoms with van der Waals surface area (Å²) in [5, 5.41) is 10.1. The highest BCUT2D eigenvalue weighted by Crippen LogP contribution is 2.22. The third-order valence-electron chi connectivity index (χ3n) is 3.90. The van der Waals surface area contributed by atoms with Crippen LogP contribution < -0.4 is 0 Å². The molecule has 1 fully saturated rings. The maximum absolute atomic E-state index is 12.2. The van der Waals surface area contributed by atoms with Gasteiger partial charge < -0.3 is 10.0 Å². The predicted molar refractivity (Wildman–Crippen MR) is 77.6 cm³/mol. The minimum atomic E-state index is -1.20. The number of amides is 5. The first-order chi connectivity index (χ1) is 10.9. The number of rotatable bonds is 4. The van der Waals surface area contributed by atoms with Crippen molar-refractivity contribution in [1.29, 1.82) is 0 Å². The number of benzene rings is 1. The number of nitrogens with zero attached hydrogens (tertiary/aromatic N) is 3. The molecule has 1 atom stereocenters. The molecule has 0 radical (unpaired) electrons. The predicted octanol–water partition coefficient (Wildman–Crippen LogP) is -0.462. The van der Waals surface area contributed by atoms with E-state index in [9.17, 15) is 24.3 Å². The van der Waals surface area contributed by atoms with Gasteiger partial charge in [-0.05, 0) is 12.1 Å². The summed E-state index contributed by atoms with van der Waals surface area (Å²) < 4.78 is 0. The van der Waals surface area contributed by atoms with Crippen molar-refractivity contribution in [2.45, 2.75) is 6.10 Å². The van der Waals surface area contributed by atoms with Crippen LogP contribution in [0.4, 0.5) is 4.79 Å². The molecule has 1 N–H and O–H groups in total. The molecule has 2 aliphatic heterocycles. The lowest BCUT2D eigenvalue weighted by molar-refractivity contribution is -0.126. The number of urea groups is 1. The second-order valence-electron chi connectivity index (χ2n) is 5.56. The molecule has 1 aromatic rings. The number of likely N-dealkylation sites (N-methyl/N-ethyl adjacent to an activating group) is 1. The number of hydrogen-bond donors (Lipinski definition) is 1. The van der Waals surface area contributed by atoms with Crippen LogP contribution in [0.25, 0.3) is 0 Å². The molecular formula is C15H15N3O5. The van der Waals surface area contributed by atoms with Crippen LogP contribution >= 0.6 is 0 Å². The monoisotopic (exact) mass is 317 g/mol. The van der Waals surface area contributed by atoms with Crippen molar-refractivity contribution in [3.63, 3.8) is 0 Å². The first kappa shape index (κ1) is 15.2. The van der Waals surface area contributed by atoms with E-state index in [1.54, 1.807) is 24.3 Å². The summed E-state index contributed by atoms with van der Waals surface area (Å²) in [7, 11) is 1.48. The van der Waals surface area contributed by atoms with Crippen molar-refractivity contribution < 1.29 is 24.3 Å². The van der Waals surface area contributed by atoms with Crippen molar-refractivity contribution in [1.82, 2.24) is 14.7 Å². The fourth-order valence-corrected chi connectivity index (χ4v) is 2.73. The highest BCUT2D eigenvalue weighted by atomic mass is 16.3. The molecule has 5 amide bonds. The van der Waals surface area contributed by atoms with Gasteiger partial charge in [0, 0.05) is 7.05 Å². The zero-order valence-electron chi connectivity index (χ0n) is 12.4. The number of imide groups is 2. The Hall–Kier alpha value is -2.74. The Balaban J connectivity index is 1.69. The van der Waals surface area contributed by atoms with E-state index in [-0.39, 0.29) is 30.8 Å². The Morgan fingerprint density at radius 2 is 1.52 bits per heavy atom. The summed E-state index contributed by atoms with van der Waals surface area (Å²) in [4.78, 5) is 50.9. The molecule has 2 heterocycles. The molecular weight excluding hydrogens is 302 g/mol. The van der Waals surface area contributed by atoms with Crippen LogP contribution in [0.3, 0.4) is 0 Å². The smallest absolute Gasteiger partial charge is 0.327 e. The van der Waals surface area contributed by atoms with Crippen molar-refractivity contribution >= 4 is 23.8 Å². The largest absolute Gasteiger partial charge is 0.389 e. The molecule has 8 heteroatoms. The van der Waals surface area contributed by atoms with Gasteiger partial charge in [-0.15, -0.1) is 0 Å². The minimum Gasteiger partial charge on any atom is -0.389 e. The molecule has 1 unspecified atom stereocenters. The normalized spacial score (nSPS) is 19.0. The highest BCUT2D eigenvalue weighted by Gasteiger charge is 2.39. The maximum atomic E-state index is 12.2. The highest BCUT2D eigenvalue weighted by molar-refractivity contribution is 6.21. The molecule has 8 nitrogen and oxygen atoms in total. The van der Waals surface area contributed by atoms with Crippen LogP contribution in [0.1, 0.15) is 20.7 Å². The Morgan fingerprint density at radius 3 is 2.00 bits per heavy atom. The fourth-order valence-electron chi connectivity index (χ4n) is 2.73. The zero-order chi connectivity index (χ0) is 16.7. The third-order valence-corrected chi connectivity index (χ3v) is 3.90. The van der Waals surface area contributed by atoms with Gasteiger partial charge in [0.25, 0.3) is 11.8 Å². The van der Waals surface area contributed by atoms with Crippen LogP contribution in [0.15, 0.2) is 24.3 Å². The number of fused-ring (bicyclic) bond motifs is 1. The first-order valence-corrected chi connectivity index (χ1v) is 7.09. The summed E-state index contributed by atoms with van der Waals surface area (Å²) in [6, 6.07) is 5.90. The van der Waals surface area contributed by atoms with Crippen LogP contribution in [0, 0.1) is 0 Å². The lowest BCUT2D eigenvalue weighted by atomic mass is 10.1. The number of aliphatic hydroxyl groups excluding tert-OH is 1. The number of carbonyl (C=O) groups excluding carboxylic acids is 4. The Labute approximate surface area is 131 Å². The first-order valence-electron chi connectivity index (χ1n) is 7.09.